The standard InChI is InChI=1S/C14H13BrO2S/c1-8-2-3-11-9(6-8)10(16)7-12(17-11)13-4-5-14(15)18-13/h2-6,10,12,16H,7H2,1H3/t10-,12?/m0/s1. The first-order chi connectivity index (χ1) is 8.63. The van der Waals surface area contributed by atoms with E-state index in [0.29, 0.717) is 6.42 Å². The van der Waals surface area contributed by atoms with Gasteiger partial charge in [-0.1, -0.05) is 11.6 Å². The topological polar surface area (TPSA) is 29.5 Å². The molecule has 0 spiro atoms. The Kier molecular flexibility index (Phi) is 3.18. The van der Waals surface area contributed by atoms with E-state index in [2.05, 4.69) is 15.9 Å². The minimum atomic E-state index is -0.445. The zero-order valence-electron chi connectivity index (χ0n) is 9.89. The molecule has 0 aliphatic carbocycles. The molecule has 2 heterocycles. The van der Waals surface area contributed by atoms with Crippen LogP contribution in [-0.2, 0) is 0 Å². The van der Waals surface area contributed by atoms with Gasteiger partial charge < -0.3 is 9.84 Å². The lowest BCUT2D eigenvalue weighted by Crippen LogP contribution is -2.18. The largest absolute Gasteiger partial charge is 0.484 e. The van der Waals surface area contributed by atoms with E-state index >= 15 is 0 Å². The Morgan fingerprint density at radius 2 is 2.17 bits per heavy atom. The predicted molar refractivity (Wildman–Crippen MR) is 76.1 cm³/mol. The van der Waals surface area contributed by atoms with Crippen LogP contribution in [-0.4, -0.2) is 5.11 Å². The second-order valence-electron chi connectivity index (χ2n) is 4.54. The fourth-order valence-electron chi connectivity index (χ4n) is 2.24. The summed E-state index contributed by atoms with van der Waals surface area (Å²) < 4.78 is 7.07. The first-order valence-corrected chi connectivity index (χ1v) is 7.45. The zero-order chi connectivity index (χ0) is 12.7. The van der Waals surface area contributed by atoms with Gasteiger partial charge in [0.2, 0.25) is 0 Å². The second kappa shape index (κ2) is 4.68. The molecule has 0 radical (unpaired) electrons. The minimum Gasteiger partial charge on any atom is -0.484 e. The van der Waals surface area contributed by atoms with Crippen molar-refractivity contribution in [3.63, 3.8) is 0 Å². The van der Waals surface area contributed by atoms with Crippen molar-refractivity contribution in [3.05, 3.63) is 50.1 Å². The lowest BCUT2D eigenvalue weighted by atomic mass is 9.97. The van der Waals surface area contributed by atoms with Crippen molar-refractivity contribution in [2.24, 2.45) is 0 Å². The minimum absolute atomic E-state index is 0.0495. The Morgan fingerprint density at radius 1 is 1.33 bits per heavy atom. The lowest BCUT2D eigenvalue weighted by Gasteiger charge is -2.29. The smallest absolute Gasteiger partial charge is 0.136 e. The number of hydrogen-bond donors (Lipinski definition) is 1. The van der Waals surface area contributed by atoms with Crippen LogP contribution in [0.25, 0.3) is 0 Å². The first kappa shape index (κ1) is 12.2. The monoisotopic (exact) mass is 324 g/mol. The van der Waals surface area contributed by atoms with Gasteiger partial charge in [-0.25, -0.2) is 0 Å². The molecular weight excluding hydrogens is 312 g/mol. The van der Waals surface area contributed by atoms with E-state index in [1.54, 1.807) is 11.3 Å². The maximum Gasteiger partial charge on any atom is 0.136 e. The molecule has 0 saturated heterocycles. The van der Waals surface area contributed by atoms with Crippen LogP contribution < -0.4 is 4.74 Å². The molecule has 4 heteroatoms. The maximum atomic E-state index is 10.2. The van der Waals surface area contributed by atoms with Crippen molar-refractivity contribution >= 4 is 27.3 Å². The van der Waals surface area contributed by atoms with E-state index in [0.717, 1.165) is 25.5 Å². The SMILES string of the molecule is Cc1ccc2c(c1)[C@@H](O)CC(c1ccc(Br)s1)O2. The van der Waals surface area contributed by atoms with Gasteiger partial charge in [0.15, 0.2) is 0 Å². The summed E-state index contributed by atoms with van der Waals surface area (Å²) in [6, 6.07) is 10.0. The summed E-state index contributed by atoms with van der Waals surface area (Å²) in [5.74, 6) is 0.800. The number of aryl methyl sites for hydroxylation is 1. The van der Waals surface area contributed by atoms with Gasteiger partial charge in [-0.15, -0.1) is 11.3 Å². The fraction of sp³-hybridized carbons (Fsp3) is 0.286. The number of aliphatic hydroxyl groups is 1. The predicted octanol–water partition coefficient (Wildman–Crippen LogP) is 4.38. The summed E-state index contributed by atoms with van der Waals surface area (Å²) >= 11 is 5.11. The van der Waals surface area contributed by atoms with Gasteiger partial charge >= 0.3 is 0 Å². The molecule has 1 N–H and O–H groups in total. The van der Waals surface area contributed by atoms with E-state index in [1.807, 2.05) is 37.3 Å². The van der Waals surface area contributed by atoms with Gasteiger partial charge in [0.05, 0.1) is 9.89 Å². The average molecular weight is 325 g/mol. The highest BCUT2D eigenvalue weighted by molar-refractivity contribution is 9.11. The number of halogens is 1. The molecule has 2 atom stereocenters. The molecule has 1 aromatic heterocycles. The van der Waals surface area contributed by atoms with E-state index in [4.69, 9.17) is 4.74 Å². The molecule has 3 rings (SSSR count). The summed E-state index contributed by atoms with van der Waals surface area (Å²) in [5.41, 5.74) is 2.05. The van der Waals surface area contributed by atoms with Crippen LogP contribution in [0.15, 0.2) is 34.1 Å². The van der Waals surface area contributed by atoms with E-state index in [9.17, 15) is 5.11 Å². The third-order valence-electron chi connectivity index (χ3n) is 3.14. The van der Waals surface area contributed by atoms with E-state index in [-0.39, 0.29) is 6.10 Å². The number of thiophene rings is 1. The van der Waals surface area contributed by atoms with Gasteiger partial charge in [-0.05, 0) is 47.1 Å². The van der Waals surface area contributed by atoms with Crippen molar-refractivity contribution < 1.29 is 9.84 Å². The van der Waals surface area contributed by atoms with Crippen LogP contribution in [0, 0.1) is 6.92 Å². The molecule has 1 aliphatic heterocycles. The van der Waals surface area contributed by atoms with Crippen molar-refractivity contribution in [1.29, 1.82) is 0 Å². The maximum absolute atomic E-state index is 10.2. The number of hydrogen-bond acceptors (Lipinski definition) is 3. The molecule has 1 unspecified atom stereocenters. The Morgan fingerprint density at radius 3 is 2.89 bits per heavy atom. The summed E-state index contributed by atoms with van der Waals surface area (Å²) in [7, 11) is 0. The summed E-state index contributed by atoms with van der Waals surface area (Å²) in [5, 5.41) is 10.2. The van der Waals surface area contributed by atoms with E-state index in [1.165, 1.54) is 0 Å². The highest BCUT2D eigenvalue weighted by Crippen LogP contribution is 2.43. The zero-order valence-corrected chi connectivity index (χ0v) is 12.3. The summed E-state index contributed by atoms with van der Waals surface area (Å²) in [6.07, 6.45) is 0.120. The molecule has 94 valence electrons. The molecule has 2 aromatic rings. The number of fused-ring (bicyclic) bond motifs is 1. The highest BCUT2D eigenvalue weighted by atomic mass is 79.9. The first-order valence-electron chi connectivity index (χ1n) is 5.84. The van der Waals surface area contributed by atoms with Gasteiger partial charge in [0.1, 0.15) is 11.9 Å². The van der Waals surface area contributed by atoms with E-state index < -0.39 is 6.10 Å². The molecule has 2 nitrogen and oxygen atoms in total. The van der Waals surface area contributed by atoms with Crippen molar-refractivity contribution in [3.8, 4) is 5.75 Å². The number of ether oxygens (including phenoxy) is 1. The van der Waals surface area contributed by atoms with Crippen molar-refractivity contribution in [2.45, 2.75) is 25.6 Å². The Labute approximate surface area is 118 Å². The normalized spacial score (nSPS) is 22.4. The molecule has 1 aromatic carbocycles. The quantitative estimate of drug-likeness (QED) is 0.843. The van der Waals surface area contributed by atoms with Crippen LogP contribution >= 0.6 is 27.3 Å². The Hall–Kier alpha value is -0.840. The molecular formula is C14H13BrO2S. The summed E-state index contributed by atoms with van der Waals surface area (Å²) in [4.78, 5) is 1.15. The Bertz CT molecular complexity index is 579. The highest BCUT2D eigenvalue weighted by Gasteiger charge is 2.28. The fourth-order valence-corrected chi connectivity index (χ4v) is 3.71. The Balaban J connectivity index is 1.94. The molecule has 0 fully saturated rings. The average Bonchev–Trinajstić information content (AvgIpc) is 2.77. The van der Waals surface area contributed by atoms with Crippen LogP contribution in [0.1, 0.15) is 34.6 Å². The molecule has 18 heavy (non-hydrogen) atoms. The van der Waals surface area contributed by atoms with Gasteiger partial charge in [0.25, 0.3) is 0 Å². The number of aliphatic hydroxyl groups excluding tert-OH is 1. The van der Waals surface area contributed by atoms with Gasteiger partial charge in [-0.3, -0.25) is 0 Å². The van der Waals surface area contributed by atoms with Crippen molar-refractivity contribution in [2.75, 3.05) is 0 Å². The second-order valence-corrected chi connectivity index (χ2v) is 7.04. The van der Waals surface area contributed by atoms with Gasteiger partial charge in [0, 0.05) is 16.9 Å². The van der Waals surface area contributed by atoms with Gasteiger partial charge in [-0.2, -0.15) is 0 Å². The van der Waals surface area contributed by atoms with Crippen LogP contribution in [0.2, 0.25) is 0 Å². The molecule has 0 bridgehead atoms. The molecule has 0 amide bonds. The summed E-state index contributed by atoms with van der Waals surface area (Å²) in [6.45, 7) is 2.02. The van der Waals surface area contributed by atoms with Crippen LogP contribution in [0.5, 0.6) is 5.75 Å². The lowest BCUT2D eigenvalue weighted by molar-refractivity contribution is 0.0674. The third kappa shape index (κ3) is 2.20. The van der Waals surface area contributed by atoms with Crippen LogP contribution in [0.4, 0.5) is 0 Å². The number of benzene rings is 1. The van der Waals surface area contributed by atoms with Crippen molar-refractivity contribution in [1.82, 2.24) is 0 Å². The molecule has 0 saturated carbocycles. The molecule has 1 aliphatic rings. The van der Waals surface area contributed by atoms with Crippen LogP contribution in [0.3, 0.4) is 0 Å². The third-order valence-corrected chi connectivity index (χ3v) is 4.86. The number of rotatable bonds is 1.